The first-order valence-electron chi connectivity index (χ1n) is 9.08. The number of benzene rings is 2. The van der Waals surface area contributed by atoms with Crippen LogP contribution in [-0.4, -0.2) is 43.0 Å². The van der Waals surface area contributed by atoms with Crippen molar-refractivity contribution < 1.29 is 19.1 Å². The maximum absolute atomic E-state index is 12.5. The number of likely N-dealkylation sites (N-methyl/N-ethyl adjacent to an activating group) is 1. The number of hydrogen-bond donors (Lipinski definition) is 1. The van der Waals surface area contributed by atoms with Crippen LogP contribution < -0.4 is 14.8 Å². The lowest BCUT2D eigenvalue weighted by atomic mass is 10.1. The van der Waals surface area contributed by atoms with Gasteiger partial charge in [-0.15, -0.1) is 0 Å². The normalized spacial score (nSPS) is 12.7. The van der Waals surface area contributed by atoms with Crippen molar-refractivity contribution in [3.8, 4) is 11.5 Å². The molecule has 0 bridgehead atoms. The number of amides is 2. The molecule has 0 saturated heterocycles. The van der Waals surface area contributed by atoms with Gasteiger partial charge in [-0.2, -0.15) is 0 Å². The van der Waals surface area contributed by atoms with Gasteiger partial charge in [0.25, 0.3) is 0 Å². The summed E-state index contributed by atoms with van der Waals surface area (Å²) in [7, 11) is 0. The van der Waals surface area contributed by atoms with Crippen molar-refractivity contribution in [1.29, 1.82) is 0 Å². The summed E-state index contributed by atoms with van der Waals surface area (Å²) < 4.78 is 11.0. The monoisotopic (exact) mass is 434 g/mol. The average molecular weight is 435 g/mol. The lowest BCUT2D eigenvalue weighted by Gasteiger charge is -2.19. The molecule has 29 heavy (non-hydrogen) atoms. The van der Waals surface area contributed by atoms with E-state index in [-0.39, 0.29) is 18.4 Å². The third-order valence-electron chi connectivity index (χ3n) is 4.24. The van der Waals surface area contributed by atoms with Gasteiger partial charge < -0.3 is 19.7 Å². The van der Waals surface area contributed by atoms with Crippen molar-refractivity contribution in [2.75, 3.05) is 31.6 Å². The number of carbonyl (C=O) groups is 2. The molecule has 1 heterocycles. The maximum atomic E-state index is 12.5. The molecule has 0 atom stereocenters. The second-order valence-corrected chi connectivity index (χ2v) is 7.05. The molecule has 2 aromatic rings. The van der Waals surface area contributed by atoms with Gasteiger partial charge in [-0.25, -0.2) is 0 Å². The van der Waals surface area contributed by atoms with Crippen molar-refractivity contribution >= 4 is 46.8 Å². The van der Waals surface area contributed by atoms with Crippen LogP contribution in [-0.2, 0) is 9.59 Å². The molecule has 2 amide bonds. The van der Waals surface area contributed by atoms with E-state index in [1.807, 2.05) is 6.07 Å². The van der Waals surface area contributed by atoms with Gasteiger partial charge in [0.05, 0.1) is 15.7 Å². The smallest absolute Gasteiger partial charge is 0.247 e. The Bertz CT molecular complexity index is 926. The van der Waals surface area contributed by atoms with E-state index >= 15 is 0 Å². The van der Waals surface area contributed by atoms with Crippen molar-refractivity contribution in [1.82, 2.24) is 4.90 Å². The third kappa shape index (κ3) is 5.43. The number of fused-ring (bicyclic) bond motifs is 1. The zero-order valence-electron chi connectivity index (χ0n) is 15.8. The van der Waals surface area contributed by atoms with Crippen molar-refractivity contribution in [2.45, 2.75) is 6.92 Å². The van der Waals surface area contributed by atoms with E-state index in [1.165, 1.54) is 11.0 Å². The number of ether oxygens (including phenoxy) is 2. The number of nitrogens with one attached hydrogen (secondary N) is 1. The van der Waals surface area contributed by atoms with Gasteiger partial charge in [0, 0.05) is 12.6 Å². The van der Waals surface area contributed by atoms with Crippen LogP contribution >= 0.6 is 23.2 Å². The molecule has 0 saturated carbocycles. The van der Waals surface area contributed by atoms with E-state index in [0.717, 1.165) is 5.56 Å². The largest absolute Gasteiger partial charge is 0.486 e. The third-order valence-corrected chi connectivity index (χ3v) is 4.87. The molecule has 3 rings (SSSR count). The van der Waals surface area contributed by atoms with Crippen LogP contribution in [0.3, 0.4) is 0 Å². The number of para-hydroxylation sites is 1. The second kappa shape index (κ2) is 9.67. The van der Waals surface area contributed by atoms with Crippen LogP contribution in [0.15, 0.2) is 42.5 Å². The van der Waals surface area contributed by atoms with Gasteiger partial charge >= 0.3 is 0 Å². The highest BCUT2D eigenvalue weighted by molar-refractivity contribution is 6.39. The fourth-order valence-electron chi connectivity index (χ4n) is 2.75. The molecular weight excluding hydrogens is 415 g/mol. The molecule has 0 fully saturated rings. The fraction of sp³-hybridized carbons (Fsp3) is 0.238. The topological polar surface area (TPSA) is 67.9 Å². The van der Waals surface area contributed by atoms with Crippen molar-refractivity contribution in [2.24, 2.45) is 0 Å². The SMILES string of the molecule is CCN(CC(=O)Nc1c(Cl)cccc1Cl)C(=O)/C=C/c1ccc2c(c1)OCCO2. The fourth-order valence-corrected chi connectivity index (χ4v) is 3.24. The van der Waals surface area contributed by atoms with Crippen LogP contribution in [0.5, 0.6) is 11.5 Å². The summed E-state index contributed by atoms with van der Waals surface area (Å²) in [5.41, 5.74) is 1.13. The molecule has 1 N–H and O–H groups in total. The standard InChI is InChI=1S/C21H20Cl2N2O4/c1-2-25(13-19(26)24-21-15(22)4-3-5-16(21)23)20(27)9-7-14-6-8-17-18(12-14)29-11-10-28-17/h3-9,12H,2,10-11,13H2,1H3,(H,24,26)/b9-7+. The lowest BCUT2D eigenvalue weighted by molar-refractivity contribution is -0.130. The van der Waals surface area contributed by atoms with E-state index in [1.54, 1.807) is 43.3 Å². The molecule has 1 aliphatic rings. The Balaban J connectivity index is 1.62. The second-order valence-electron chi connectivity index (χ2n) is 6.23. The molecule has 6 nitrogen and oxygen atoms in total. The number of carbonyl (C=O) groups excluding carboxylic acids is 2. The first-order valence-corrected chi connectivity index (χ1v) is 9.84. The van der Waals surface area contributed by atoms with Gasteiger partial charge in [0.1, 0.15) is 19.8 Å². The van der Waals surface area contributed by atoms with E-state index in [4.69, 9.17) is 32.7 Å². The number of hydrogen-bond acceptors (Lipinski definition) is 4. The first kappa shape index (κ1) is 21.0. The summed E-state index contributed by atoms with van der Waals surface area (Å²) in [4.78, 5) is 26.3. The highest BCUT2D eigenvalue weighted by Crippen LogP contribution is 2.31. The molecule has 0 aliphatic carbocycles. The first-order chi connectivity index (χ1) is 14.0. The Kier molecular flexibility index (Phi) is 7.01. The van der Waals surface area contributed by atoms with E-state index < -0.39 is 0 Å². The van der Waals surface area contributed by atoms with Crippen molar-refractivity contribution in [3.63, 3.8) is 0 Å². The van der Waals surface area contributed by atoms with Crippen molar-refractivity contribution in [3.05, 3.63) is 58.1 Å². The van der Waals surface area contributed by atoms with Gasteiger partial charge in [-0.1, -0.05) is 35.3 Å². The summed E-state index contributed by atoms with van der Waals surface area (Å²) in [5.74, 6) is 0.657. The molecule has 0 aromatic heterocycles. The minimum absolute atomic E-state index is 0.123. The molecule has 1 aliphatic heterocycles. The van der Waals surface area contributed by atoms with Gasteiger partial charge in [0.15, 0.2) is 11.5 Å². The van der Waals surface area contributed by atoms with Gasteiger partial charge in [-0.05, 0) is 42.8 Å². The van der Waals surface area contributed by atoms with Crippen LogP contribution in [0.4, 0.5) is 5.69 Å². The molecular formula is C21H20Cl2N2O4. The number of nitrogens with zero attached hydrogens (tertiary/aromatic N) is 1. The van der Waals surface area contributed by atoms with Crippen LogP contribution in [0.1, 0.15) is 12.5 Å². The summed E-state index contributed by atoms with van der Waals surface area (Å²) in [6, 6.07) is 10.4. The lowest BCUT2D eigenvalue weighted by Crippen LogP contribution is -2.37. The Labute approximate surface area is 179 Å². The summed E-state index contributed by atoms with van der Waals surface area (Å²) in [6.45, 7) is 3.06. The number of halogens is 2. The molecule has 2 aromatic carbocycles. The Morgan fingerprint density at radius 2 is 1.79 bits per heavy atom. The number of rotatable bonds is 6. The molecule has 0 spiro atoms. The Morgan fingerprint density at radius 3 is 2.48 bits per heavy atom. The predicted molar refractivity (Wildman–Crippen MR) is 114 cm³/mol. The number of anilines is 1. The summed E-state index contributed by atoms with van der Waals surface area (Å²) >= 11 is 12.1. The van der Waals surface area contributed by atoms with Gasteiger partial charge in [0.2, 0.25) is 11.8 Å². The van der Waals surface area contributed by atoms with Crippen LogP contribution in [0, 0.1) is 0 Å². The van der Waals surface area contributed by atoms with Crippen LogP contribution in [0.25, 0.3) is 6.08 Å². The molecule has 8 heteroatoms. The quantitative estimate of drug-likeness (QED) is 0.689. The molecule has 152 valence electrons. The highest BCUT2D eigenvalue weighted by atomic mass is 35.5. The Morgan fingerprint density at radius 1 is 1.10 bits per heavy atom. The van der Waals surface area contributed by atoms with E-state index in [0.29, 0.717) is 47.0 Å². The van der Waals surface area contributed by atoms with Gasteiger partial charge in [-0.3, -0.25) is 9.59 Å². The Hall–Kier alpha value is -2.70. The average Bonchev–Trinajstić information content (AvgIpc) is 2.73. The molecule has 0 radical (unpaired) electrons. The predicted octanol–water partition coefficient (Wildman–Crippen LogP) is 4.27. The van der Waals surface area contributed by atoms with Crippen LogP contribution in [0.2, 0.25) is 10.0 Å². The zero-order valence-corrected chi connectivity index (χ0v) is 17.3. The minimum Gasteiger partial charge on any atom is -0.486 e. The highest BCUT2D eigenvalue weighted by Gasteiger charge is 2.16. The minimum atomic E-state index is -0.386. The summed E-state index contributed by atoms with van der Waals surface area (Å²) in [5, 5.41) is 3.32. The zero-order chi connectivity index (χ0) is 20.8. The maximum Gasteiger partial charge on any atom is 0.247 e. The molecule has 0 unspecified atom stereocenters. The summed E-state index contributed by atoms with van der Waals surface area (Å²) in [6.07, 6.45) is 3.09. The van der Waals surface area contributed by atoms with E-state index in [9.17, 15) is 9.59 Å². The van der Waals surface area contributed by atoms with E-state index in [2.05, 4.69) is 5.32 Å².